The largest absolute Gasteiger partial charge is 0.478 e. The molecule has 0 aliphatic carbocycles. The molecule has 0 unspecified atom stereocenters. The molecule has 4 aromatic rings. The van der Waals surface area contributed by atoms with Gasteiger partial charge < -0.3 is 15.6 Å². The number of carboxylic acids is 1. The highest BCUT2D eigenvalue weighted by Gasteiger charge is 2.13. The number of aromatic nitrogens is 2. The van der Waals surface area contributed by atoms with E-state index in [1.807, 2.05) is 37.3 Å². The van der Waals surface area contributed by atoms with Gasteiger partial charge in [-0.1, -0.05) is 42.5 Å². The van der Waals surface area contributed by atoms with Gasteiger partial charge >= 0.3 is 5.97 Å². The number of nitrogens with zero attached hydrogens (tertiary/aromatic N) is 2. The number of hydrogen-bond acceptors (Lipinski definition) is 5. The van der Waals surface area contributed by atoms with Gasteiger partial charge in [0.1, 0.15) is 5.75 Å². The maximum absolute atomic E-state index is 11.5. The number of benzene rings is 3. The maximum Gasteiger partial charge on any atom is 0.336 e. The number of ether oxygens (including phenoxy) is 1. The Morgan fingerprint density at radius 1 is 1.00 bits per heavy atom. The predicted molar refractivity (Wildman–Crippen MR) is 119 cm³/mol. The van der Waals surface area contributed by atoms with Crippen molar-refractivity contribution < 1.29 is 14.6 Å². The Kier molecular flexibility index (Phi) is 5.73. The van der Waals surface area contributed by atoms with E-state index in [9.17, 15) is 9.90 Å². The van der Waals surface area contributed by atoms with Gasteiger partial charge in [0.2, 0.25) is 5.88 Å². The molecule has 0 amide bonds. The highest BCUT2D eigenvalue weighted by atomic mass is 16.5. The van der Waals surface area contributed by atoms with E-state index in [-0.39, 0.29) is 11.4 Å². The van der Waals surface area contributed by atoms with Crippen LogP contribution in [0, 0.1) is 6.92 Å². The van der Waals surface area contributed by atoms with Gasteiger partial charge in [0.25, 0.3) is 0 Å². The molecule has 1 aromatic heterocycles. The molecule has 1 heterocycles. The van der Waals surface area contributed by atoms with Crippen LogP contribution < -0.4 is 10.5 Å². The molecule has 4 rings (SSSR count). The van der Waals surface area contributed by atoms with Gasteiger partial charge in [-0.3, -0.25) is 4.98 Å². The minimum atomic E-state index is -1.02. The molecule has 0 atom stereocenters. The molecule has 0 radical (unpaired) electrons. The van der Waals surface area contributed by atoms with Crippen LogP contribution in [0.2, 0.25) is 0 Å². The lowest BCUT2D eigenvalue weighted by Crippen LogP contribution is -2.01. The Bertz CT molecular complexity index is 1250. The van der Waals surface area contributed by atoms with Gasteiger partial charge in [-0.05, 0) is 53.4 Å². The third-order valence-corrected chi connectivity index (χ3v) is 4.82. The van der Waals surface area contributed by atoms with Crippen molar-refractivity contribution in [2.45, 2.75) is 13.5 Å². The molecule has 0 bridgehead atoms. The summed E-state index contributed by atoms with van der Waals surface area (Å²) in [7, 11) is 0. The van der Waals surface area contributed by atoms with Crippen molar-refractivity contribution in [3.63, 3.8) is 0 Å². The van der Waals surface area contributed by atoms with Gasteiger partial charge in [-0.15, -0.1) is 0 Å². The van der Waals surface area contributed by atoms with Crippen LogP contribution in [0.3, 0.4) is 0 Å². The van der Waals surface area contributed by atoms with E-state index in [0.29, 0.717) is 23.6 Å². The maximum atomic E-state index is 11.5. The molecule has 0 saturated heterocycles. The van der Waals surface area contributed by atoms with E-state index in [4.69, 9.17) is 10.5 Å². The highest BCUT2D eigenvalue weighted by Crippen LogP contribution is 2.30. The molecule has 3 aromatic carbocycles. The summed E-state index contributed by atoms with van der Waals surface area (Å²) < 4.78 is 5.99. The number of aromatic carboxylic acids is 1. The second kappa shape index (κ2) is 8.77. The average Bonchev–Trinajstić information content (AvgIpc) is 2.79. The minimum absolute atomic E-state index is 0.159. The topological polar surface area (TPSA) is 98.3 Å². The van der Waals surface area contributed by atoms with E-state index >= 15 is 0 Å². The summed E-state index contributed by atoms with van der Waals surface area (Å²) >= 11 is 0. The third kappa shape index (κ3) is 4.60. The van der Waals surface area contributed by atoms with Gasteiger partial charge in [-0.25, -0.2) is 9.78 Å². The fourth-order valence-corrected chi connectivity index (χ4v) is 3.39. The molecule has 6 heteroatoms. The Morgan fingerprint density at radius 3 is 2.65 bits per heavy atom. The molecule has 31 heavy (non-hydrogen) atoms. The van der Waals surface area contributed by atoms with Crippen molar-refractivity contribution in [2.24, 2.45) is 5.73 Å². The zero-order valence-corrected chi connectivity index (χ0v) is 16.9. The van der Waals surface area contributed by atoms with E-state index < -0.39 is 5.97 Å². The number of carbonyl (C=O) groups is 1. The van der Waals surface area contributed by atoms with Crippen LogP contribution in [-0.4, -0.2) is 21.0 Å². The Labute approximate surface area is 180 Å². The van der Waals surface area contributed by atoms with Crippen molar-refractivity contribution >= 4 is 5.97 Å². The highest BCUT2D eigenvalue weighted by molar-refractivity contribution is 5.95. The summed E-state index contributed by atoms with van der Waals surface area (Å²) in [5.74, 6) is -0.122. The minimum Gasteiger partial charge on any atom is -0.478 e. The second-order valence-electron chi connectivity index (χ2n) is 7.13. The van der Waals surface area contributed by atoms with Crippen LogP contribution in [0.1, 0.15) is 21.5 Å². The van der Waals surface area contributed by atoms with Crippen LogP contribution in [0.25, 0.3) is 22.4 Å². The molecule has 0 aliphatic heterocycles. The number of rotatable bonds is 6. The summed E-state index contributed by atoms with van der Waals surface area (Å²) in [5, 5.41) is 9.45. The molecule has 0 aliphatic rings. The molecule has 154 valence electrons. The SMILES string of the molecule is Cc1cc(Oc2cncc(-c3ccccc3C(=O)O)n2)cc(-c2cccc(CN)c2)c1. The van der Waals surface area contributed by atoms with Crippen molar-refractivity contribution in [2.75, 3.05) is 0 Å². The normalized spacial score (nSPS) is 10.6. The zero-order chi connectivity index (χ0) is 21.8. The first kappa shape index (κ1) is 20.3. The first-order valence-electron chi connectivity index (χ1n) is 9.77. The Morgan fingerprint density at radius 2 is 1.84 bits per heavy atom. The molecule has 3 N–H and O–H groups in total. The fraction of sp³-hybridized carbons (Fsp3) is 0.0800. The standard InChI is InChI=1S/C25H21N3O3/c1-16-9-19(18-6-4-5-17(11-18)13-26)12-20(10-16)31-24-15-27-14-23(28-24)21-7-2-3-8-22(21)25(29)30/h2-12,14-15H,13,26H2,1H3,(H,29,30). The zero-order valence-electron chi connectivity index (χ0n) is 16.9. The molecular formula is C25H21N3O3. The van der Waals surface area contributed by atoms with E-state index in [1.165, 1.54) is 18.5 Å². The fourth-order valence-electron chi connectivity index (χ4n) is 3.39. The first-order chi connectivity index (χ1) is 15.0. The van der Waals surface area contributed by atoms with E-state index in [2.05, 4.69) is 22.1 Å². The smallest absolute Gasteiger partial charge is 0.336 e. The van der Waals surface area contributed by atoms with Crippen molar-refractivity contribution in [1.82, 2.24) is 9.97 Å². The lowest BCUT2D eigenvalue weighted by atomic mass is 10.0. The van der Waals surface area contributed by atoms with E-state index in [1.54, 1.807) is 18.2 Å². The predicted octanol–water partition coefficient (Wildman–Crippen LogP) is 5.07. The molecule has 0 saturated carbocycles. The lowest BCUT2D eigenvalue weighted by molar-refractivity contribution is 0.0697. The molecular weight excluding hydrogens is 390 g/mol. The number of hydrogen-bond donors (Lipinski definition) is 2. The number of carboxylic acid groups (broad SMARTS) is 1. The summed E-state index contributed by atoms with van der Waals surface area (Å²) in [6, 6.07) is 20.7. The Balaban J connectivity index is 1.67. The monoisotopic (exact) mass is 411 g/mol. The lowest BCUT2D eigenvalue weighted by Gasteiger charge is -2.11. The van der Waals surface area contributed by atoms with Gasteiger partial charge in [0.05, 0.1) is 23.7 Å². The van der Waals surface area contributed by atoms with Crippen molar-refractivity contribution in [1.29, 1.82) is 0 Å². The average molecular weight is 411 g/mol. The summed E-state index contributed by atoms with van der Waals surface area (Å²) in [4.78, 5) is 20.2. The van der Waals surface area contributed by atoms with Crippen molar-refractivity contribution in [3.05, 3.63) is 95.8 Å². The number of aryl methyl sites for hydroxylation is 1. The summed E-state index contributed by atoms with van der Waals surface area (Å²) in [5.41, 5.74) is 11.0. The van der Waals surface area contributed by atoms with Crippen LogP contribution >= 0.6 is 0 Å². The molecule has 6 nitrogen and oxygen atoms in total. The van der Waals surface area contributed by atoms with Gasteiger partial charge in [-0.2, -0.15) is 0 Å². The Hall–Kier alpha value is -4.03. The first-order valence-corrected chi connectivity index (χ1v) is 9.77. The van der Waals surface area contributed by atoms with Crippen LogP contribution in [0.5, 0.6) is 11.6 Å². The van der Waals surface area contributed by atoms with Gasteiger partial charge in [0.15, 0.2) is 0 Å². The van der Waals surface area contributed by atoms with Gasteiger partial charge in [0, 0.05) is 12.1 Å². The summed E-state index contributed by atoms with van der Waals surface area (Å²) in [6.07, 6.45) is 3.03. The third-order valence-electron chi connectivity index (χ3n) is 4.82. The summed E-state index contributed by atoms with van der Waals surface area (Å²) in [6.45, 7) is 2.47. The number of nitrogens with two attached hydrogens (primary N) is 1. The van der Waals surface area contributed by atoms with Crippen LogP contribution in [-0.2, 0) is 6.54 Å². The molecule has 0 fully saturated rings. The van der Waals surface area contributed by atoms with Crippen LogP contribution in [0.4, 0.5) is 0 Å². The second-order valence-corrected chi connectivity index (χ2v) is 7.13. The van der Waals surface area contributed by atoms with E-state index in [0.717, 1.165) is 22.3 Å². The van der Waals surface area contributed by atoms with Crippen molar-refractivity contribution in [3.8, 4) is 34.0 Å². The molecule has 0 spiro atoms. The van der Waals surface area contributed by atoms with Crippen LogP contribution in [0.15, 0.2) is 79.1 Å². The quantitative estimate of drug-likeness (QED) is 0.460.